The number of rotatable bonds is 2. The van der Waals surface area contributed by atoms with E-state index in [9.17, 15) is 0 Å². The van der Waals surface area contributed by atoms with Gasteiger partial charge in [-0.1, -0.05) is 0 Å². The van der Waals surface area contributed by atoms with Crippen molar-refractivity contribution in [2.45, 2.75) is 0 Å². The van der Waals surface area contributed by atoms with Gasteiger partial charge in [-0.25, -0.2) is 0 Å². The third kappa shape index (κ3) is 1.80. The van der Waals surface area contributed by atoms with E-state index >= 15 is 0 Å². The molecule has 0 fully saturated rings. The average molecular weight is 298 g/mol. The zero-order valence-corrected chi connectivity index (χ0v) is 11.2. The Bertz CT molecular complexity index is 726. The molecule has 0 atom stereocenters. The first-order chi connectivity index (χ1) is 8.90. The van der Waals surface area contributed by atoms with Crippen molar-refractivity contribution in [3.8, 4) is 16.2 Å². The summed E-state index contributed by atoms with van der Waals surface area (Å²) >= 11 is -0.230. The number of nitriles is 1. The molecule has 0 spiro atoms. The van der Waals surface area contributed by atoms with Crippen molar-refractivity contribution in [3.05, 3.63) is 54.7 Å². The maximum absolute atomic E-state index is 9.01. The van der Waals surface area contributed by atoms with Gasteiger partial charge in [-0.3, -0.25) is 0 Å². The summed E-state index contributed by atoms with van der Waals surface area (Å²) in [6.45, 7) is 0. The molecule has 0 amide bonds. The van der Waals surface area contributed by atoms with E-state index in [2.05, 4.69) is 9.95 Å². The number of nitrogens with zero attached hydrogens (tertiary/aromatic N) is 3. The van der Waals surface area contributed by atoms with Crippen LogP contribution in [0.5, 0.6) is 0 Å². The van der Waals surface area contributed by atoms with E-state index in [4.69, 9.17) is 5.26 Å². The Hall–Kier alpha value is -2.08. The topological polar surface area (TPSA) is 41.1 Å². The Labute approximate surface area is 111 Å². The molecular weight excluding hydrogens is 289 g/mol. The predicted molar refractivity (Wildman–Crippen MR) is 71.6 cm³/mol. The van der Waals surface area contributed by atoms with Crippen LogP contribution in [0.4, 0.5) is 0 Å². The van der Waals surface area contributed by atoms with E-state index < -0.39 is 0 Å². The molecule has 4 heteroatoms. The first-order valence-electron chi connectivity index (χ1n) is 5.48. The third-order valence-electron chi connectivity index (χ3n) is 2.68. The van der Waals surface area contributed by atoms with Crippen LogP contribution in [0.25, 0.3) is 16.9 Å². The van der Waals surface area contributed by atoms with Crippen LogP contribution in [0.3, 0.4) is 0 Å². The van der Waals surface area contributed by atoms with Crippen LogP contribution in [0, 0.1) is 10.2 Å². The fraction of sp³-hybridized carbons (Fsp3) is 0. The summed E-state index contributed by atoms with van der Waals surface area (Å²) in [5.41, 5.74) is 2.88. The number of imidazole rings is 1. The van der Waals surface area contributed by atoms with E-state index in [1.54, 1.807) is 0 Å². The summed E-state index contributed by atoms with van der Waals surface area (Å²) in [5.74, 6) is 0. The fourth-order valence-corrected chi connectivity index (χ4v) is 3.16. The molecule has 0 aliphatic rings. The summed E-state index contributed by atoms with van der Waals surface area (Å²) < 4.78 is 3.01. The molecule has 86 valence electrons. The normalized spacial score (nSPS) is 10.4. The van der Waals surface area contributed by atoms with Crippen molar-refractivity contribution in [3.63, 3.8) is 0 Å². The van der Waals surface area contributed by atoms with Crippen molar-refractivity contribution in [1.82, 2.24) is 9.38 Å². The second-order valence-corrected chi connectivity index (χ2v) is 5.38. The minimum atomic E-state index is -0.230. The molecule has 0 unspecified atom stereocenters. The van der Waals surface area contributed by atoms with E-state index in [1.165, 1.54) is 0 Å². The van der Waals surface area contributed by atoms with E-state index in [0.717, 1.165) is 21.5 Å². The Balaban J connectivity index is 2.29. The number of benzene rings is 1. The summed E-state index contributed by atoms with van der Waals surface area (Å²) in [5, 5.41) is 9.01. The van der Waals surface area contributed by atoms with Gasteiger partial charge >= 0.3 is 111 Å². The Kier molecular flexibility index (Phi) is 2.85. The molecule has 0 radical (unpaired) electrons. The van der Waals surface area contributed by atoms with Crippen molar-refractivity contribution in [2.75, 3.05) is 0 Å². The van der Waals surface area contributed by atoms with Crippen molar-refractivity contribution < 1.29 is 0 Å². The predicted octanol–water partition coefficient (Wildman–Crippen LogP) is 1.81. The van der Waals surface area contributed by atoms with Gasteiger partial charge in [0.15, 0.2) is 0 Å². The molecule has 0 bridgehead atoms. The molecule has 18 heavy (non-hydrogen) atoms. The van der Waals surface area contributed by atoms with Gasteiger partial charge in [0.25, 0.3) is 0 Å². The van der Waals surface area contributed by atoms with E-state index in [0.29, 0.717) is 0 Å². The standard InChI is InChI=1S/C14H9N3Se/c15-10-18-14-13(11-6-2-1-3-7-11)16-12-8-4-5-9-17(12)14/h1-9H. The van der Waals surface area contributed by atoms with Gasteiger partial charge in [0.1, 0.15) is 0 Å². The molecule has 3 rings (SSSR count). The van der Waals surface area contributed by atoms with Crippen LogP contribution in [0.2, 0.25) is 0 Å². The maximum atomic E-state index is 9.01. The molecule has 3 nitrogen and oxygen atoms in total. The van der Waals surface area contributed by atoms with Gasteiger partial charge in [0, 0.05) is 0 Å². The molecular formula is C14H9N3Se. The molecule has 0 aliphatic carbocycles. The van der Waals surface area contributed by atoms with Gasteiger partial charge in [-0.2, -0.15) is 0 Å². The van der Waals surface area contributed by atoms with Crippen LogP contribution < -0.4 is 4.59 Å². The Morgan fingerprint density at radius 2 is 1.83 bits per heavy atom. The average Bonchev–Trinajstić information content (AvgIpc) is 2.80. The Morgan fingerprint density at radius 3 is 2.61 bits per heavy atom. The van der Waals surface area contributed by atoms with Crippen molar-refractivity contribution in [1.29, 1.82) is 5.26 Å². The number of hydrogen-bond donors (Lipinski definition) is 0. The van der Waals surface area contributed by atoms with Gasteiger partial charge in [-0.15, -0.1) is 0 Å². The first kappa shape index (κ1) is 11.0. The number of aromatic nitrogens is 2. The van der Waals surface area contributed by atoms with Crippen molar-refractivity contribution >= 4 is 25.2 Å². The monoisotopic (exact) mass is 299 g/mol. The minimum absolute atomic E-state index is 0.230. The Morgan fingerprint density at radius 1 is 1.06 bits per heavy atom. The fourth-order valence-electron chi connectivity index (χ4n) is 1.90. The number of pyridine rings is 1. The van der Waals surface area contributed by atoms with Crippen LogP contribution in [-0.2, 0) is 0 Å². The van der Waals surface area contributed by atoms with Gasteiger partial charge < -0.3 is 0 Å². The van der Waals surface area contributed by atoms with Crippen LogP contribution in [0.1, 0.15) is 0 Å². The second-order valence-electron chi connectivity index (χ2n) is 3.75. The molecule has 1 aromatic carbocycles. The summed E-state index contributed by atoms with van der Waals surface area (Å²) in [6.07, 6.45) is 1.96. The van der Waals surface area contributed by atoms with Crippen LogP contribution in [0.15, 0.2) is 54.7 Å². The zero-order chi connectivity index (χ0) is 12.4. The molecule has 3 aromatic rings. The molecule has 2 aromatic heterocycles. The molecule has 2 heterocycles. The summed E-state index contributed by atoms with van der Waals surface area (Å²) in [4.78, 5) is 6.90. The van der Waals surface area contributed by atoms with E-state index in [1.807, 2.05) is 59.1 Å². The molecule has 0 saturated heterocycles. The van der Waals surface area contributed by atoms with Gasteiger partial charge in [0.05, 0.1) is 0 Å². The number of hydrogen-bond acceptors (Lipinski definition) is 2. The SMILES string of the molecule is N#C[Se]c1c(-c2ccccc2)nc2ccccn12. The zero-order valence-electron chi connectivity index (χ0n) is 9.45. The first-order valence-corrected chi connectivity index (χ1v) is 7.20. The van der Waals surface area contributed by atoms with Crippen molar-refractivity contribution in [2.24, 2.45) is 0 Å². The molecule has 0 N–H and O–H groups in total. The van der Waals surface area contributed by atoms with Crippen LogP contribution >= 0.6 is 0 Å². The molecule has 0 aliphatic heterocycles. The second kappa shape index (κ2) is 4.66. The van der Waals surface area contributed by atoms with Gasteiger partial charge in [0.2, 0.25) is 0 Å². The molecule has 0 saturated carbocycles. The quantitative estimate of drug-likeness (QED) is 0.677. The van der Waals surface area contributed by atoms with E-state index in [-0.39, 0.29) is 15.0 Å². The van der Waals surface area contributed by atoms with Gasteiger partial charge in [-0.05, 0) is 0 Å². The summed E-state index contributed by atoms with van der Waals surface area (Å²) in [6, 6.07) is 15.9. The summed E-state index contributed by atoms with van der Waals surface area (Å²) in [7, 11) is 0. The van der Waals surface area contributed by atoms with Crippen LogP contribution in [-0.4, -0.2) is 24.3 Å². The number of fused-ring (bicyclic) bond motifs is 1. The third-order valence-corrected chi connectivity index (χ3v) is 4.09.